The smallest absolute Gasteiger partial charge is 0.321 e. The van der Waals surface area contributed by atoms with Crippen molar-refractivity contribution in [3.05, 3.63) is 24.3 Å². The Hall–Kier alpha value is -1.80. The Kier molecular flexibility index (Phi) is 5.84. The van der Waals surface area contributed by atoms with Crippen molar-refractivity contribution < 1.29 is 18.3 Å². The Labute approximate surface area is 136 Å². The number of likely N-dealkylation sites (tertiary alicyclic amines) is 1. The zero-order valence-corrected chi connectivity index (χ0v) is 14.0. The maximum Gasteiger partial charge on any atom is 0.321 e. The van der Waals surface area contributed by atoms with Gasteiger partial charge in [-0.1, -0.05) is 13.3 Å². The van der Waals surface area contributed by atoms with Gasteiger partial charge in [0.15, 0.2) is 0 Å². The normalized spacial score (nSPS) is 18.0. The lowest BCUT2D eigenvalue weighted by atomic mass is 10.3. The first-order chi connectivity index (χ1) is 10.9. The predicted molar refractivity (Wildman–Crippen MR) is 90.0 cm³/mol. The lowest BCUT2D eigenvalue weighted by Gasteiger charge is -2.16. The van der Waals surface area contributed by atoms with Crippen molar-refractivity contribution in [2.24, 2.45) is 0 Å². The number of sulfonamides is 1. The summed E-state index contributed by atoms with van der Waals surface area (Å²) in [6.45, 7) is 2.80. The highest BCUT2D eigenvalue weighted by Gasteiger charge is 2.24. The fourth-order valence-corrected chi connectivity index (χ4v) is 3.58. The van der Waals surface area contributed by atoms with E-state index < -0.39 is 16.1 Å². The number of hydrogen-bond donors (Lipinski definition) is 3. The van der Waals surface area contributed by atoms with E-state index in [1.54, 1.807) is 29.2 Å². The molecular formula is C15H23N3O4S. The number of amides is 2. The topological polar surface area (TPSA) is 98.7 Å². The summed E-state index contributed by atoms with van der Waals surface area (Å²) in [7, 11) is -3.33. The van der Waals surface area contributed by atoms with E-state index in [-0.39, 0.29) is 11.8 Å². The number of rotatable bonds is 6. The third-order valence-electron chi connectivity index (χ3n) is 3.63. The molecule has 0 unspecified atom stereocenters. The number of anilines is 2. The Morgan fingerprint density at radius 1 is 1.30 bits per heavy atom. The Balaban J connectivity index is 1.90. The van der Waals surface area contributed by atoms with Crippen molar-refractivity contribution in [3.63, 3.8) is 0 Å². The highest BCUT2D eigenvalue weighted by Crippen LogP contribution is 2.17. The molecule has 2 amide bonds. The Morgan fingerprint density at radius 3 is 2.52 bits per heavy atom. The molecule has 1 aromatic rings. The molecule has 7 nitrogen and oxygen atoms in total. The van der Waals surface area contributed by atoms with Gasteiger partial charge in [-0.05, 0) is 37.1 Å². The van der Waals surface area contributed by atoms with Crippen molar-refractivity contribution >= 4 is 27.4 Å². The van der Waals surface area contributed by atoms with Gasteiger partial charge in [0.25, 0.3) is 0 Å². The highest BCUT2D eigenvalue weighted by molar-refractivity contribution is 7.92. The number of urea groups is 1. The first-order valence-corrected chi connectivity index (χ1v) is 9.39. The number of nitrogens with zero attached hydrogens (tertiary/aromatic N) is 1. The molecule has 0 radical (unpaired) electrons. The van der Waals surface area contributed by atoms with E-state index in [1.807, 2.05) is 6.92 Å². The van der Waals surface area contributed by atoms with Crippen LogP contribution in [0.3, 0.4) is 0 Å². The van der Waals surface area contributed by atoms with E-state index in [4.69, 9.17) is 0 Å². The molecule has 1 fully saturated rings. The van der Waals surface area contributed by atoms with Crippen molar-refractivity contribution in [2.75, 3.05) is 28.9 Å². The second-order valence-corrected chi connectivity index (χ2v) is 7.51. The van der Waals surface area contributed by atoms with Crippen LogP contribution in [0.4, 0.5) is 16.2 Å². The van der Waals surface area contributed by atoms with Crippen LogP contribution in [0.1, 0.15) is 26.2 Å². The van der Waals surface area contributed by atoms with Gasteiger partial charge in [-0.25, -0.2) is 13.2 Å². The number of carbonyl (C=O) groups excluding carboxylic acids is 1. The van der Waals surface area contributed by atoms with Crippen molar-refractivity contribution in [1.29, 1.82) is 0 Å². The van der Waals surface area contributed by atoms with Crippen LogP contribution >= 0.6 is 0 Å². The number of aliphatic hydroxyl groups is 1. The second kappa shape index (κ2) is 7.65. The van der Waals surface area contributed by atoms with Gasteiger partial charge in [0.05, 0.1) is 11.9 Å². The SMILES string of the molecule is CCCCS(=O)(=O)Nc1ccc(NC(=O)N2CC[C@H](O)C2)cc1. The van der Waals surface area contributed by atoms with Crippen molar-refractivity contribution in [2.45, 2.75) is 32.3 Å². The van der Waals surface area contributed by atoms with Crippen LogP contribution in [0, 0.1) is 0 Å². The molecule has 1 atom stereocenters. The summed E-state index contributed by atoms with van der Waals surface area (Å²) in [4.78, 5) is 13.5. The number of nitrogens with one attached hydrogen (secondary N) is 2. The number of unbranched alkanes of at least 4 members (excludes halogenated alkanes) is 1. The molecule has 1 aliphatic heterocycles. The van der Waals surface area contributed by atoms with Crippen molar-refractivity contribution in [3.8, 4) is 0 Å². The lowest BCUT2D eigenvalue weighted by molar-refractivity contribution is 0.176. The van der Waals surface area contributed by atoms with E-state index in [1.165, 1.54) is 0 Å². The number of benzene rings is 1. The van der Waals surface area contributed by atoms with Gasteiger partial charge >= 0.3 is 6.03 Å². The van der Waals surface area contributed by atoms with Crippen LogP contribution in [0.25, 0.3) is 0 Å². The molecule has 1 heterocycles. The highest BCUT2D eigenvalue weighted by atomic mass is 32.2. The Bertz CT molecular complexity index is 631. The molecule has 0 saturated carbocycles. The van der Waals surface area contributed by atoms with Gasteiger partial charge in [0.2, 0.25) is 10.0 Å². The summed E-state index contributed by atoms with van der Waals surface area (Å²) in [6.07, 6.45) is 1.56. The van der Waals surface area contributed by atoms with Crippen LogP contribution in [-0.2, 0) is 10.0 Å². The summed E-state index contributed by atoms with van der Waals surface area (Å²) >= 11 is 0. The minimum atomic E-state index is -3.33. The molecule has 8 heteroatoms. The van der Waals surface area contributed by atoms with Gasteiger partial charge in [-0.2, -0.15) is 0 Å². The summed E-state index contributed by atoms with van der Waals surface area (Å²) in [6, 6.07) is 6.23. The maximum atomic E-state index is 12.0. The van der Waals surface area contributed by atoms with E-state index in [9.17, 15) is 18.3 Å². The van der Waals surface area contributed by atoms with Crippen molar-refractivity contribution in [1.82, 2.24) is 4.90 Å². The third-order valence-corrected chi connectivity index (χ3v) is 5.00. The molecule has 1 aromatic carbocycles. The first kappa shape index (κ1) is 17.6. The van der Waals surface area contributed by atoms with E-state index >= 15 is 0 Å². The minimum absolute atomic E-state index is 0.0965. The molecule has 2 rings (SSSR count). The van der Waals surface area contributed by atoms with Crippen LogP contribution in [-0.4, -0.2) is 49.4 Å². The molecule has 128 valence electrons. The Morgan fingerprint density at radius 2 is 1.96 bits per heavy atom. The molecule has 0 aliphatic carbocycles. The minimum Gasteiger partial charge on any atom is -0.391 e. The van der Waals surface area contributed by atoms with Crippen LogP contribution < -0.4 is 10.0 Å². The molecule has 23 heavy (non-hydrogen) atoms. The quantitative estimate of drug-likeness (QED) is 0.735. The zero-order valence-electron chi connectivity index (χ0n) is 13.2. The molecule has 0 spiro atoms. The van der Waals surface area contributed by atoms with Crippen LogP contribution in [0.2, 0.25) is 0 Å². The van der Waals surface area contributed by atoms with E-state index in [2.05, 4.69) is 10.0 Å². The molecule has 1 aliphatic rings. The molecular weight excluding hydrogens is 318 g/mol. The molecule has 1 saturated heterocycles. The number of hydrogen-bond acceptors (Lipinski definition) is 4. The molecule has 0 aromatic heterocycles. The average molecular weight is 341 g/mol. The zero-order chi connectivity index (χ0) is 16.9. The van der Waals surface area contributed by atoms with Gasteiger partial charge < -0.3 is 15.3 Å². The van der Waals surface area contributed by atoms with Gasteiger partial charge in [-0.3, -0.25) is 4.72 Å². The molecule has 0 bridgehead atoms. The fourth-order valence-electron chi connectivity index (χ4n) is 2.32. The largest absolute Gasteiger partial charge is 0.391 e. The second-order valence-electron chi connectivity index (χ2n) is 5.67. The van der Waals surface area contributed by atoms with Gasteiger partial charge in [0, 0.05) is 24.5 Å². The summed E-state index contributed by atoms with van der Waals surface area (Å²) in [5, 5.41) is 12.2. The standard InChI is InChI=1S/C15H23N3O4S/c1-2-3-10-23(21,22)17-13-6-4-12(5-7-13)16-15(20)18-9-8-14(19)11-18/h4-7,14,17,19H,2-3,8-11H2,1H3,(H,16,20)/t14-/m0/s1. The number of carbonyl (C=O) groups is 1. The summed E-state index contributed by atoms with van der Waals surface area (Å²) < 4.78 is 26.1. The van der Waals surface area contributed by atoms with Crippen LogP contribution in [0.15, 0.2) is 24.3 Å². The number of β-amino-alcohol motifs (C(OH)–C–C–N with tert-alkyl or cyclic N) is 1. The third kappa shape index (κ3) is 5.40. The van der Waals surface area contributed by atoms with E-state index in [0.29, 0.717) is 37.3 Å². The van der Waals surface area contributed by atoms with E-state index in [0.717, 1.165) is 6.42 Å². The van der Waals surface area contributed by atoms with Gasteiger partial charge in [0.1, 0.15) is 0 Å². The summed E-state index contributed by atoms with van der Waals surface area (Å²) in [5.41, 5.74) is 1.04. The average Bonchev–Trinajstić information content (AvgIpc) is 2.94. The monoisotopic (exact) mass is 341 g/mol. The van der Waals surface area contributed by atoms with Crippen LogP contribution in [0.5, 0.6) is 0 Å². The first-order valence-electron chi connectivity index (χ1n) is 7.74. The maximum absolute atomic E-state index is 12.0. The fraction of sp³-hybridized carbons (Fsp3) is 0.533. The lowest BCUT2D eigenvalue weighted by Crippen LogP contribution is -2.33. The predicted octanol–water partition coefficient (Wildman–Crippen LogP) is 1.83. The van der Waals surface area contributed by atoms with Gasteiger partial charge in [-0.15, -0.1) is 0 Å². The molecule has 3 N–H and O–H groups in total. The number of aliphatic hydroxyl groups excluding tert-OH is 1. The summed E-state index contributed by atoms with van der Waals surface area (Å²) in [5.74, 6) is 0.0965.